The fourth-order valence-electron chi connectivity index (χ4n) is 2.21. The van der Waals surface area contributed by atoms with Gasteiger partial charge < -0.3 is 10.2 Å². The Morgan fingerprint density at radius 3 is 2.89 bits per heavy atom. The van der Waals surface area contributed by atoms with Crippen LogP contribution in [-0.4, -0.2) is 19.0 Å². The fourth-order valence-corrected chi connectivity index (χ4v) is 3.20. The van der Waals surface area contributed by atoms with E-state index in [-0.39, 0.29) is 5.91 Å². The van der Waals surface area contributed by atoms with Gasteiger partial charge in [0.25, 0.3) is 5.91 Å². The Bertz CT molecular complexity index is 611. The maximum atomic E-state index is 12.6. The summed E-state index contributed by atoms with van der Waals surface area (Å²) in [7, 11) is 0. The second-order valence-corrected chi connectivity index (χ2v) is 6.07. The lowest BCUT2D eigenvalue weighted by atomic mass is 10.2. The van der Waals surface area contributed by atoms with Gasteiger partial charge in [-0.05, 0) is 30.7 Å². The molecule has 0 saturated heterocycles. The number of benzene rings is 1. The molecule has 0 aliphatic carbocycles. The Hall–Kier alpha value is -1.52. The van der Waals surface area contributed by atoms with Gasteiger partial charge in [-0.3, -0.25) is 4.79 Å². The molecule has 1 aliphatic rings. The van der Waals surface area contributed by atoms with Gasteiger partial charge in [-0.1, -0.05) is 23.7 Å². The van der Waals surface area contributed by atoms with Crippen molar-refractivity contribution in [2.45, 2.75) is 6.42 Å². The van der Waals surface area contributed by atoms with E-state index in [2.05, 4.69) is 5.32 Å². The molecule has 0 spiro atoms. The second-order valence-electron chi connectivity index (χ2n) is 4.36. The fraction of sp³-hybridized carbons (Fsp3) is 0.214. The maximum Gasteiger partial charge on any atom is 0.268 e. The zero-order valence-electron chi connectivity index (χ0n) is 10.2. The van der Waals surface area contributed by atoms with Crippen LogP contribution in [0.4, 0.5) is 11.4 Å². The SMILES string of the molecule is O=C(c1ccc(Cl)s1)N1CCCNc2ccccc21. The van der Waals surface area contributed by atoms with E-state index in [1.54, 1.807) is 12.1 Å². The van der Waals surface area contributed by atoms with Crippen molar-refractivity contribution >= 4 is 40.2 Å². The summed E-state index contributed by atoms with van der Waals surface area (Å²) in [5.41, 5.74) is 1.95. The number of para-hydroxylation sites is 2. The van der Waals surface area contributed by atoms with Crippen molar-refractivity contribution in [1.82, 2.24) is 0 Å². The minimum Gasteiger partial charge on any atom is -0.383 e. The van der Waals surface area contributed by atoms with Gasteiger partial charge >= 0.3 is 0 Å². The van der Waals surface area contributed by atoms with Gasteiger partial charge in [0.15, 0.2) is 0 Å². The van der Waals surface area contributed by atoms with Crippen molar-refractivity contribution in [3.05, 3.63) is 45.6 Å². The number of hydrogen-bond acceptors (Lipinski definition) is 3. The molecule has 0 atom stereocenters. The van der Waals surface area contributed by atoms with Gasteiger partial charge in [-0.2, -0.15) is 0 Å². The van der Waals surface area contributed by atoms with E-state index in [1.165, 1.54) is 11.3 Å². The highest BCUT2D eigenvalue weighted by Gasteiger charge is 2.22. The summed E-state index contributed by atoms with van der Waals surface area (Å²) < 4.78 is 0.643. The Kier molecular flexibility index (Phi) is 3.44. The van der Waals surface area contributed by atoms with Gasteiger partial charge in [0, 0.05) is 13.1 Å². The third kappa shape index (κ3) is 2.46. The minimum atomic E-state index is 0.0213. The van der Waals surface area contributed by atoms with Crippen LogP contribution in [0.5, 0.6) is 0 Å². The lowest BCUT2D eigenvalue weighted by molar-refractivity contribution is 0.0991. The number of fused-ring (bicyclic) bond motifs is 1. The zero-order valence-corrected chi connectivity index (χ0v) is 11.8. The van der Waals surface area contributed by atoms with Gasteiger partial charge in [0.1, 0.15) is 0 Å². The van der Waals surface area contributed by atoms with E-state index in [4.69, 9.17) is 11.6 Å². The summed E-state index contributed by atoms with van der Waals surface area (Å²) in [6, 6.07) is 11.5. The predicted molar refractivity (Wildman–Crippen MR) is 80.6 cm³/mol. The van der Waals surface area contributed by atoms with Crippen LogP contribution >= 0.6 is 22.9 Å². The van der Waals surface area contributed by atoms with Crippen LogP contribution in [0.25, 0.3) is 0 Å². The zero-order chi connectivity index (χ0) is 13.2. The first-order valence-corrected chi connectivity index (χ1v) is 7.35. The number of thiophene rings is 1. The van der Waals surface area contributed by atoms with Gasteiger partial charge in [0.2, 0.25) is 0 Å². The highest BCUT2D eigenvalue weighted by Crippen LogP contribution is 2.31. The molecule has 1 aromatic carbocycles. The molecule has 3 nitrogen and oxygen atoms in total. The summed E-state index contributed by atoms with van der Waals surface area (Å²) in [5.74, 6) is 0.0213. The van der Waals surface area contributed by atoms with E-state index in [1.807, 2.05) is 29.2 Å². The lowest BCUT2D eigenvalue weighted by Crippen LogP contribution is -2.30. The Morgan fingerprint density at radius 1 is 1.26 bits per heavy atom. The first kappa shape index (κ1) is 12.5. The quantitative estimate of drug-likeness (QED) is 0.865. The Morgan fingerprint density at radius 2 is 2.11 bits per heavy atom. The molecule has 0 fully saturated rings. The third-order valence-corrected chi connectivity index (χ3v) is 4.32. The summed E-state index contributed by atoms with van der Waals surface area (Å²) in [6.45, 7) is 1.60. The smallest absolute Gasteiger partial charge is 0.268 e. The molecule has 0 radical (unpaired) electrons. The number of anilines is 2. The monoisotopic (exact) mass is 292 g/mol. The van der Waals surface area contributed by atoms with Crippen molar-refractivity contribution < 1.29 is 4.79 Å². The first-order valence-electron chi connectivity index (χ1n) is 6.16. The number of nitrogens with one attached hydrogen (secondary N) is 1. The molecule has 1 aliphatic heterocycles. The molecule has 19 heavy (non-hydrogen) atoms. The molecule has 2 aromatic rings. The summed E-state index contributed by atoms with van der Waals surface area (Å²) in [5, 5.41) is 3.35. The molecular weight excluding hydrogens is 280 g/mol. The van der Waals surface area contributed by atoms with Gasteiger partial charge in [-0.25, -0.2) is 0 Å². The standard InChI is InChI=1S/C14H13ClN2OS/c15-13-7-6-12(19-13)14(18)17-9-3-8-16-10-4-1-2-5-11(10)17/h1-2,4-7,16H,3,8-9H2. The first-order chi connectivity index (χ1) is 9.25. The predicted octanol–water partition coefficient (Wildman–Crippen LogP) is 3.86. The number of amides is 1. The normalized spacial score (nSPS) is 14.5. The average Bonchev–Trinajstić information content (AvgIpc) is 2.74. The number of carbonyl (C=O) groups excluding carboxylic acids is 1. The topological polar surface area (TPSA) is 32.3 Å². The minimum absolute atomic E-state index is 0.0213. The van der Waals surface area contributed by atoms with Crippen LogP contribution in [-0.2, 0) is 0 Å². The average molecular weight is 293 g/mol. The lowest BCUT2D eigenvalue weighted by Gasteiger charge is -2.21. The van der Waals surface area contributed by atoms with Crippen LogP contribution in [0, 0.1) is 0 Å². The van der Waals surface area contributed by atoms with Gasteiger partial charge in [0.05, 0.1) is 20.6 Å². The molecule has 1 amide bonds. The molecular formula is C14H13ClN2OS. The number of carbonyl (C=O) groups is 1. The van der Waals surface area contributed by atoms with Crippen molar-refractivity contribution in [2.75, 3.05) is 23.3 Å². The molecule has 1 aromatic heterocycles. The number of hydrogen-bond donors (Lipinski definition) is 1. The van der Waals surface area contributed by atoms with Crippen LogP contribution in [0.3, 0.4) is 0 Å². The molecule has 0 unspecified atom stereocenters. The summed E-state index contributed by atoms with van der Waals surface area (Å²) in [4.78, 5) is 15.1. The van der Waals surface area contributed by atoms with Crippen molar-refractivity contribution in [3.63, 3.8) is 0 Å². The third-order valence-electron chi connectivity index (χ3n) is 3.10. The molecule has 1 N–H and O–H groups in total. The van der Waals surface area contributed by atoms with Crippen LogP contribution in [0.15, 0.2) is 36.4 Å². The van der Waals surface area contributed by atoms with E-state index in [0.29, 0.717) is 9.21 Å². The van der Waals surface area contributed by atoms with E-state index < -0.39 is 0 Å². The second kappa shape index (κ2) is 5.23. The van der Waals surface area contributed by atoms with E-state index >= 15 is 0 Å². The Balaban J connectivity index is 1.98. The molecule has 98 valence electrons. The molecule has 2 heterocycles. The van der Waals surface area contributed by atoms with Crippen LogP contribution in [0.2, 0.25) is 4.34 Å². The van der Waals surface area contributed by atoms with Crippen LogP contribution in [0.1, 0.15) is 16.1 Å². The largest absolute Gasteiger partial charge is 0.383 e. The maximum absolute atomic E-state index is 12.6. The molecule has 0 bridgehead atoms. The van der Waals surface area contributed by atoms with Crippen LogP contribution < -0.4 is 10.2 Å². The molecule has 5 heteroatoms. The van der Waals surface area contributed by atoms with E-state index in [9.17, 15) is 4.79 Å². The highest BCUT2D eigenvalue weighted by molar-refractivity contribution is 7.18. The van der Waals surface area contributed by atoms with Crippen molar-refractivity contribution in [2.24, 2.45) is 0 Å². The molecule has 3 rings (SSSR count). The number of halogens is 1. The van der Waals surface area contributed by atoms with Crippen molar-refractivity contribution in [1.29, 1.82) is 0 Å². The number of nitrogens with zero attached hydrogens (tertiary/aromatic N) is 1. The summed E-state index contributed by atoms with van der Waals surface area (Å²) in [6.07, 6.45) is 0.930. The number of rotatable bonds is 1. The van der Waals surface area contributed by atoms with Gasteiger partial charge in [-0.15, -0.1) is 11.3 Å². The summed E-state index contributed by atoms with van der Waals surface area (Å²) >= 11 is 7.24. The highest BCUT2D eigenvalue weighted by atomic mass is 35.5. The molecule has 0 saturated carbocycles. The Labute approximate surface area is 120 Å². The van der Waals surface area contributed by atoms with E-state index in [0.717, 1.165) is 30.9 Å². The van der Waals surface area contributed by atoms with Crippen molar-refractivity contribution in [3.8, 4) is 0 Å².